The first-order valence-electron chi connectivity index (χ1n) is 7.28. The maximum atomic E-state index is 11.1. The van der Waals surface area contributed by atoms with E-state index in [9.17, 15) is 4.79 Å². The summed E-state index contributed by atoms with van der Waals surface area (Å²) in [5.74, 6) is 0. The highest BCUT2D eigenvalue weighted by Crippen LogP contribution is 2.42. The lowest BCUT2D eigenvalue weighted by atomic mass is 10.3. The molecule has 112 valence electrons. The maximum absolute atomic E-state index is 11.1. The first-order chi connectivity index (χ1) is 8.80. The van der Waals surface area contributed by atoms with Crippen molar-refractivity contribution in [3.8, 4) is 0 Å². The molecule has 1 atom stereocenters. The monoisotopic (exact) mass is 288 g/mol. The quantitative estimate of drug-likeness (QED) is 0.545. The Kier molecular flexibility index (Phi) is 5.86. The van der Waals surface area contributed by atoms with E-state index in [2.05, 4.69) is 41.5 Å². The molecule has 19 heavy (non-hydrogen) atoms. The Hall–Kier alpha value is -0.553. The topological polar surface area (TPSA) is 44.8 Å². The molecule has 1 heterocycles. The standard InChI is InChI=1S/C14H28O4Si/c1-10(2)19(11(3)4,12(5)6)17-9-13-7-8-16-14(15)18-13/h10-13H,7-9H2,1-6H3. The van der Waals surface area contributed by atoms with Crippen LogP contribution in [-0.4, -0.2) is 33.8 Å². The summed E-state index contributed by atoms with van der Waals surface area (Å²) in [5.41, 5.74) is 1.63. The highest BCUT2D eigenvalue weighted by Gasteiger charge is 2.45. The number of hydrogen-bond acceptors (Lipinski definition) is 4. The molecule has 0 spiro atoms. The molecule has 0 bridgehead atoms. The summed E-state index contributed by atoms with van der Waals surface area (Å²) in [6.45, 7) is 14.5. The summed E-state index contributed by atoms with van der Waals surface area (Å²) in [7, 11) is -1.87. The first kappa shape index (κ1) is 16.5. The van der Waals surface area contributed by atoms with Crippen molar-refractivity contribution in [2.24, 2.45) is 0 Å². The molecule has 1 unspecified atom stereocenters. The minimum atomic E-state index is -1.87. The van der Waals surface area contributed by atoms with Gasteiger partial charge in [-0.25, -0.2) is 4.79 Å². The second kappa shape index (κ2) is 6.75. The van der Waals surface area contributed by atoms with Gasteiger partial charge in [-0.05, 0) is 16.6 Å². The van der Waals surface area contributed by atoms with E-state index in [0.29, 0.717) is 29.8 Å². The molecule has 4 nitrogen and oxygen atoms in total. The van der Waals surface area contributed by atoms with Crippen LogP contribution in [0.4, 0.5) is 4.79 Å². The third-order valence-electron chi connectivity index (χ3n) is 4.15. The molecule has 0 aromatic rings. The van der Waals surface area contributed by atoms with Gasteiger partial charge in [-0.1, -0.05) is 41.5 Å². The van der Waals surface area contributed by atoms with E-state index < -0.39 is 14.5 Å². The number of carbonyl (C=O) groups is 1. The predicted molar refractivity (Wildman–Crippen MR) is 77.8 cm³/mol. The lowest BCUT2D eigenvalue weighted by molar-refractivity contribution is -0.0394. The van der Waals surface area contributed by atoms with Gasteiger partial charge >= 0.3 is 6.16 Å². The van der Waals surface area contributed by atoms with Crippen molar-refractivity contribution in [2.75, 3.05) is 13.2 Å². The minimum absolute atomic E-state index is 0.149. The highest BCUT2D eigenvalue weighted by atomic mass is 28.4. The molecule has 0 amide bonds. The van der Waals surface area contributed by atoms with Gasteiger partial charge in [0.05, 0.1) is 13.2 Å². The van der Waals surface area contributed by atoms with Crippen LogP contribution in [0.25, 0.3) is 0 Å². The van der Waals surface area contributed by atoms with Crippen LogP contribution in [0.3, 0.4) is 0 Å². The molecule has 1 rings (SSSR count). The number of rotatable bonds is 6. The summed E-state index contributed by atoms with van der Waals surface area (Å²) in [6, 6.07) is 0. The summed E-state index contributed by atoms with van der Waals surface area (Å²) < 4.78 is 16.3. The van der Waals surface area contributed by atoms with Crippen LogP contribution in [0.2, 0.25) is 16.6 Å². The smallest absolute Gasteiger partial charge is 0.434 e. The second-order valence-corrected chi connectivity index (χ2v) is 11.7. The van der Waals surface area contributed by atoms with Crippen LogP contribution in [0.1, 0.15) is 48.0 Å². The van der Waals surface area contributed by atoms with Crippen molar-refractivity contribution in [3.63, 3.8) is 0 Å². The second-order valence-electron chi connectivity index (χ2n) is 6.26. The van der Waals surface area contributed by atoms with E-state index in [4.69, 9.17) is 13.9 Å². The zero-order valence-corrected chi connectivity index (χ0v) is 14.1. The predicted octanol–water partition coefficient (Wildman–Crippen LogP) is 4.10. The van der Waals surface area contributed by atoms with E-state index >= 15 is 0 Å². The van der Waals surface area contributed by atoms with Crippen LogP contribution in [0.5, 0.6) is 0 Å². The van der Waals surface area contributed by atoms with Crippen molar-refractivity contribution in [1.82, 2.24) is 0 Å². The molecule has 0 N–H and O–H groups in total. The van der Waals surface area contributed by atoms with Crippen molar-refractivity contribution < 1.29 is 18.7 Å². The SMILES string of the molecule is CC(C)[Si](OCC1CCOC(=O)O1)(C(C)C)C(C)C. The Morgan fingerprint density at radius 1 is 1.16 bits per heavy atom. The number of cyclic esters (lactones) is 2. The van der Waals surface area contributed by atoms with Crippen LogP contribution in [0.15, 0.2) is 0 Å². The lowest BCUT2D eigenvalue weighted by Gasteiger charge is -2.43. The lowest BCUT2D eigenvalue weighted by Crippen LogP contribution is -2.49. The maximum Gasteiger partial charge on any atom is 0.508 e. The van der Waals surface area contributed by atoms with Crippen molar-refractivity contribution in [2.45, 2.75) is 70.7 Å². The third-order valence-corrected chi connectivity index (χ3v) is 10.2. The highest BCUT2D eigenvalue weighted by molar-refractivity contribution is 6.77. The number of carbonyl (C=O) groups excluding carboxylic acids is 1. The van der Waals surface area contributed by atoms with Gasteiger partial charge < -0.3 is 13.9 Å². The summed E-state index contributed by atoms with van der Waals surface area (Å²) in [5, 5.41) is 0. The zero-order valence-electron chi connectivity index (χ0n) is 13.1. The first-order valence-corrected chi connectivity index (χ1v) is 9.42. The molecule has 0 aliphatic carbocycles. The van der Waals surface area contributed by atoms with Gasteiger partial charge in [0, 0.05) is 6.42 Å². The molecule has 0 saturated carbocycles. The molecule has 0 aromatic heterocycles. The molecule has 0 radical (unpaired) electrons. The molecule has 1 saturated heterocycles. The molecule has 5 heteroatoms. The van der Waals surface area contributed by atoms with E-state index in [0.717, 1.165) is 6.42 Å². The van der Waals surface area contributed by atoms with Gasteiger partial charge in [-0.3, -0.25) is 0 Å². The molecular weight excluding hydrogens is 260 g/mol. The largest absolute Gasteiger partial charge is 0.508 e. The van der Waals surface area contributed by atoms with Crippen molar-refractivity contribution in [1.29, 1.82) is 0 Å². The summed E-state index contributed by atoms with van der Waals surface area (Å²) in [4.78, 5) is 11.1. The van der Waals surface area contributed by atoms with E-state index in [-0.39, 0.29) is 6.10 Å². The zero-order chi connectivity index (χ0) is 14.6. The van der Waals surface area contributed by atoms with E-state index in [1.807, 2.05) is 0 Å². The summed E-state index contributed by atoms with van der Waals surface area (Å²) in [6.07, 6.45) is 0.0139. The van der Waals surface area contributed by atoms with Gasteiger partial charge in [-0.2, -0.15) is 0 Å². The van der Waals surface area contributed by atoms with Crippen LogP contribution >= 0.6 is 0 Å². The summed E-state index contributed by atoms with van der Waals surface area (Å²) >= 11 is 0. The molecule has 1 fully saturated rings. The molecule has 0 aromatic carbocycles. The van der Waals surface area contributed by atoms with Gasteiger partial charge in [-0.15, -0.1) is 0 Å². The Morgan fingerprint density at radius 2 is 1.68 bits per heavy atom. The molecule has 1 aliphatic rings. The van der Waals surface area contributed by atoms with Crippen LogP contribution in [0, 0.1) is 0 Å². The fourth-order valence-corrected chi connectivity index (χ4v) is 8.83. The van der Waals surface area contributed by atoms with Crippen molar-refractivity contribution in [3.05, 3.63) is 0 Å². The van der Waals surface area contributed by atoms with Crippen molar-refractivity contribution >= 4 is 14.5 Å². The molecular formula is C14H28O4Si. The average Bonchev–Trinajstić information content (AvgIpc) is 2.28. The minimum Gasteiger partial charge on any atom is -0.434 e. The van der Waals surface area contributed by atoms with Gasteiger partial charge in [0.25, 0.3) is 0 Å². The fourth-order valence-electron chi connectivity index (χ4n) is 3.36. The molecule has 1 aliphatic heterocycles. The van der Waals surface area contributed by atoms with E-state index in [1.54, 1.807) is 0 Å². The third kappa shape index (κ3) is 3.72. The number of ether oxygens (including phenoxy) is 2. The van der Waals surface area contributed by atoms with E-state index in [1.165, 1.54) is 0 Å². The van der Waals surface area contributed by atoms with Gasteiger partial charge in [0.15, 0.2) is 0 Å². The van der Waals surface area contributed by atoms with Crippen LogP contribution < -0.4 is 0 Å². The average molecular weight is 288 g/mol. The Bertz CT molecular complexity index is 280. The fraction of sp³-hybridized carbons (Fsp3) is 0.929. The number of hydrogen-bond donors (Lipinski definition) is 0. The Morgan fingerprint density at radius 3 is 2.11 bits per heavy atom. The van der Waals surface area contributed by atoms with Crippen LogP contribution in [-0.2, 0) is 13.9 Å². The van der Waals surface area contributed by atoms with Gasteiger partial charge in [0.1, 0.15) is 6.10 Å². The Labute approximate surface area is 117 Å². The Balaban J connectivity index is 2.70. The van der Waals surface area contributed by atoms with Gasteiger partial charge in [0.2, 0.25) is 8.32 Å². The normalized spacial score (nSPS) is 20.9.